The van der Waals surface area contributed by atoms with E-state index in [1.807, 2.05) is 45.9 Å². The molecule has 7 heteroatoms. The Morgan fingerprint density at radius 1 is 1.16 bits per heavy atom. The van der Waals surface area contributed by atoms with Crippen molar-refractivity contribution in [2.75, 3.05) is 26.8 Å². The lowest BCUT2D eigenvalue weighted by Gasteiger charge is -2.44. The third-order valence-corrected chi connectivity index (χ3v) is 6.36. The molecule has 7 nitrogen and oxygen atoms in total. The average Bonchev–Trinajstić information content (AvgIpc) is 3.49. The summed E-state index contributed by atoms with van der Waals surface area (Å²) >= 11 is 0. The van der Waals surface area contributed by atoms with Gasteiger partial charge in [-0.05, 0) is 63.1 Å². The zero-order valence-electron chi connectivity index (χ0n) is 19.1. The van der Waals surface area contributed by atoms with Crippen molar-refractivity contribution in [1.29, 1.82) is 0 Å². The summed E-state index contributed by atoms with van der Waals surface area (Å²) in [5, 5.41) is 0. The second kappa shape index (κ2) is 8.24. The minimum atomic E-state index is -0.499. The Bertz CT molecular complexity index is 837. The number of methoxy groups -OCH3 is 1. The van der Waals surface area contributed by atoms with Gasteiger partial charge in [0, 0.05) is 19.0 Å². The molecule has 0 radical (unpaired) electrons. The van der Waals surface area contributed by atoms with Gasteiger partial charge in [0.1, 0.15) is 18.3 Å². The summed E-state index contributed by atoms with van der Waals surface area (Å²) < 4.78 is 22.7. The number of likely N-dealkylation sites (tertiary alicyclic amines) is 1. The Balaban J connectivity index is 1.41. The summed E-state index contributed by atoms with van der Waals surface area (Å²) in [5.74, 6) is 1.88. The van der Waals surface area contributed by atoms with Crippen LogP contribution in [-0.4, -0.2) is 55.5 Å². The molecule has 3 unspecified atom stereocenters. The van der Waals surface area contributed by atoms with E-state index in [-0.39, 0.29) is 35.9 Å². The molecule has 0 aromatic heterocycles. The van der Waals surface area contributed by atoms with Crippen LogP contribution in [0, 0.1) is 17.8 Å². The van der Waals surface area contributed by atoms with Gasteiger partial charge in [0.2, 0.25) is 0 Å². The highest BCUT2D eigenvalue weighted by atomic mass is 16.6. The highest BCUT2D eigenvalue weighted by molar-refractivity contribution is 5.73. The Hall–Kier alpha value is -2.44. The summed E-state index contributed by atoms with van der Waals surface area (Å²) in [6.07, 6.45) is 1.86. The Morgan fingerprint density at radius 3 is 2.48 bits per heavy atom. The summed E-state index contributed by atoms with van der Waals surface area (Å²) in [6, 6.07) is 6.00. The van der Waals surface area contributed by atoms with Crippen LogP contribution in [0.1, 0.15) is 52.0 Å². The van der Waals surface area contributed by atoms with Gasteiger partial charge in [-0.3, -0.25) is 4.79 Å². The minimum absolute atomic E-state index is 0.112. The van der Waals surface area contributed by atoms with E-state index >= 15 is 0 Å². The number of rotatable bonds is 5. The second-order valence-corrected chi connectivity index (χ2v) is 9.99. The smallest absolute Gasteiger partial charge is 0.410 e. The van der Waals surface area contributed by atoms with Gasteiger partial charge >= 0.3 is 12.1 Å². The molecule has 1 aromatic rings. The monoisotopic (exact) mass is 431 g/mol. The van der Waals surface area contributed by atoms with Gasteiger partial charge < -0.3 is 23.8 Å². The zero-order chi connectivity index (χ0) is 22.3. The molecule has 1 aromatic carbocycles. The Labute approximate surface area is 184 Å². The van der Waals surface area contributed by atoms with Crippen molar-refractivity contribution in [2.24, 2.45) is 17.8 Å². The topological polar surface area (TPSA) is 74.3 Å². The fourth-order valence-corrected chi connectivity index (χ4v) is 4.52. The number of carbonyl (C=O) groups is 2. The van der Waals surface area contributed by atoms with Crippen LogP contribution in [0.4, 0.5) is 4.79 Å². The van der Waals surface area contributed by atoms with Crippen molar-refractivity contribution in [3.63, 3.8) is 0 Å². The normalized spacial score (nSPS) is 22.9. The second-order valence-electron chi connectivity index (χ2n) is 9.99. The lowest BCUT2D eigenvalue weighted by atomic mass is 9.83. The molecule has 4 rings (SSSR count). The van der Waals surface area contributed by atoms with Crippen LogP contribution in [0.5, 0.6) is 11.5 Å². The maximum atomic E-state index is 12.2. The van der Waals surface area contributed by atoms with Gasteiger partial charge in [-0.2, -0.15) is 0 Å². The Kier molecular flexibility index (Phi) is 5.79. The van der Waals surface area contributed by atoms with Crippen molar-refractivity contribution in [1.82, 2.24) is 4.90 Å². The van der Waals surface area contributed by atoms with Gasteiger partial charge in [0.05, 0.1) is 13.0 Å². The molecule has 0 spiro atoms. The highest BCUT2D eigenvalue weighted by Crippen LogP contribution is 2.49. The molecule has 2 aliphatic heterocycles. The summed E-state index contributed by atoms with van der Waals surface area (Å²) in [7, 11) is 1.44. The summed E-state index contributed by atoms with van der Waals surface area (Å²) in [6.45, 7) is 9.20. The average molecular weight is 432 g/mol. The van der Waals surface area contributed by atoms with E-state index in [0.29, 0.717) is 31.4 Å². The zero-order valence-corrected chi connectivity index (χ0v) is 19.1. The lowest BCUT2D eigenvalue weighted by molar-refractivity contribution is -0.145. The summed E-state index contributed by atoms with van der Waals surface area (Å²) in [4.78, 5) is 26.1. The van der Waals surface area contributed by atoms with Gasteiger partial charge in [0.15, 0.2) is 11.5 Å². The highest BCUT2D eigenvalue weighted by Gasteiger charge is 2.42. The van der Waals surface area contributed by atoms with E-state index in [1.165, 1.54) is 7.11 Å². The first kappa shape index (κ1) is 21.8. The maximum absolute atomic E-state index is 12.2. The maximum Gasteiger partial charge on any atom is 0.410 e. The third-order valence-electron chi connectivity index (χ3n) is 6.36. The van der Waals surface area contributed by atoms with Crippen LogP contribution in [-0.2, 0) is 14.3 Å². The lowest BCUT2D eigenvalue weighted by Crippen LogP contribution is -2.58. The molecule has 1 aliphatic carbocycles. The first-order valence-corrected chi connectivity index (χ1v) is 11.2. The van der Waals surface area contributed by atoms with Gasteiger partial charge in [-0.15, -0.1) is 0 Å². The molecular formula is C24H33NO6. The van der Waals surface area contributed by atoms with Crippen LogP contribution in [0.25, 0.3) is 0 Å². The first-order chi connectivity index (χ1) is 14.7. The number of hydrogen-bond acceptors (Lipinski definition) is 6. The van der Waals surface area contributed by atoms with E-state index in [0.717, 1.165) is 24.2 Å². The molecule has 1 amide bonds. The predicted octanol–water partition coefficient (Wildman–Crippen LogP) is 4.00. The van der Waals surface area contributed by atoms with Crippen LogP contribution >= 0.6 is 0 Å². The fourth-order valence-electron chi connectivity index (χ4n) is 4.52. The van der Waals surface area contributed by atoms with Gasteiger partial charge in [-0.25, -0.2) is 4.79 Å². The van der Waals surface area contributed by atoms with Crippen molar-refractivity contribution in [3.8, 4) is 11.5 Å². The predicted molar refractivity (Wildman–Crippen MR) is 114 cm³/mol. The largest absolute Gasteiger partial charge is 0.486 e. The molecule has 2 heterocycles. The molecule has 3 aliphatic rings. The van der Waals surface area contributed by atoms with Crippen molar-refractivity contribution >= 4 is 12.1 Å². The molecule has 1 saturated heterocycles. The molecular weight excluding hydrogens is 398 g/mol. The van der Waals surface area contributed by atoms with Gasteiger partial charge in [-0.1, -0.05) is 13.0 Å². The third kappa shape index (κ3) is 4.75. The van der Waals surface area contributed by atoms with Crippen LogP contribution in [0.2, 0.25) is 0 Å². The fraction of sp³-hybridized carbons (Fsp3) is 0.667. The number of benzene rings is 1. The van der Waals surface area contributed by atoms with E-state index < -0.39 is 5.60 Å². The van der Waals surface area contributed by atoms with Crippen LogP contribution in [0.15, 0.2) is 18.2 Å². The van der Waals surface area contributed by atoms with Crippen LogP contribution < -0.4 is 9.47 Å². The van der Waals surface area contributed by atoms with Crippen molar-refractivity contribution in [3.05, 3.63) is 23.8 Å². The molecule has 31 heavy (non-hydrogen) atoms. The number of nitrogens with zero attached hydrogens (tertiary/aromatic N) is 1. The number of ether oxygens (including phenoxy) is 4. The van der Waals surface area contributed by atoms with E-state index in [1.54, 1.807) is 4.90 Å². The number of carbonyl (C=O) groups excluding carboxylic acids is 2. The first-order valence-electron chi connectivity index (χ1n) is 11.2. The van der Waals surface area contributed by atoms with Crippen LogP contribution in [0.3, 0.4) is 0 Å². The SMILES string of the molecule is COC(=O)C(C)C(c1ccc2c(c1)OC(C1CN(C(=O)OC(C)(C)C)C1)CO2)C1CC1. The molecule has 1 saturated carbocycles. The number of amides is 1. The molecule has 170 valence electrons. The minimum Gasteiger partial charge on any atom is -0.486 e. The quantitative estimate of drug-likeness (QED) is 0.656. The van der Waals surface area contributed by atoms with E-state index in [9.17, 15) is 9.59 Å². The Morgan fingerprint density at radius 2 is 1.87 bits per heavy atom. The number of fused-ring (bicyclic) bond motifs is 1. The summed E-state index contributed by atoms with van der Waals surface area (Å²) in [5.41, 5.74) is 0.592. The molecule has 3 atom stereocenters. The van der Waals surface area contributed by atoms with Crippen molar-refractivity contribution in [2.45, 2.75) is 58.2 Å². The number of esters is 1. The standard InChI is InChI=1S/C24H33NO6/c1-14(22(26)28-5)21(15-6-7-15)16-8-9-18-19(10-16)30-20(13-29-18)17-11-25(12-17)23(27)31-24(2,3)4/h8-10,14-15,17,20-21H,6-7,11-13H2,1-5H3. The number of hydrogen-bond donors (Lipinski definition) is 0. The van der Waals surface area contributed by atoms with E-state index in [2.05, 4.69) is 0 Å². The van der Waals surface area contributed by atoms with E-state index in [4.69, 9.17) is 18.9 Å². The molecule has 0 bridgehead atoms. The molecule has 0 N–H and O–H groups in total. The molecule has 2 fully saturated rings. The van der Waals surface area contributed by atoms with Gasteiger partial charge in [0.25, 0.3) is 0 Å². The van der Waals surface area contributed by atoms with Crippen molar-refractivity contribution < 1.29 is 28.5 Å².